The minimum atomic E-state index is -0.765. The monoisotopic (exact) mass is 264 g/mol. The first-order valence-electron chi connectivity index (χ1n) is 5.39. The van der Waals surface area contributed by atoms with Crippen molar-refractivity contribution < 1.29 is 14.3 Å². The topological polar surface area (TPSA) is 61.2 Å². The fourth-order valence-corrected chi connectivity index (χ4v) is 2.60. The average molecular weight is 265 g/mol. The van der Waals surface area contributed by atoms with Gasteiger partial charge < -0.3 is 4.74 Å². The van der Waals surface area contributed by atoms with E-state index in [4.69, 9.17) is 11.6 Å². The fourth-order valence-electron chi connectivity index (χ4n) is 2.35. The molecule has 5 nitrogen and oxygen atoms in total. The summed E-state index contributed by atoms with van der Waals surface area (Å²) in [6.07, 6.45) is 3.47. The van der Waals surface area contributed by atoms with Gasteiger partial charge in [-0.25, -0.2) is 0 Å². The minimum Gasteiger partial charge on any atom is -0.468 e. The number of carbonyl (C=O) groups is 2. The van der Waals surface area contributed by atoms with E-state index in [1.54, 1.807) is 6.20 Å². The maximum atomic E-state index is 12.2. The van der Waals surface area contributed by atoms with E-state index in [1.165, 1.54) is 17.9 Å². The second-order valence-corrected chi connectivity index (χ2v) is 4.56. The van der Waals surface area contributed by atoms with E-state index in [0.29, 0.717) is 17.0 Å². The Bertz CT molecular complexity index is 677. The van der Waals surface area contributed by atoms with Crippen LogP contribution in [0.2, 0.25) is 5.02 Å². The van der Waals surface area contributed by atoms with E-state index < -0.39 is 11.9 Å². The number of methoxy groups -OCH3 is 1. The molecule has 0 spiro atoms. The zero-order valence-corrected chi connectivity index (χ0v) is 10.3. The Balaban J connectivity index is 2.18. The van der Waals surface area contributed by atoms with Crippen molar-refractivity contribution >= 4 is 34.4 Å². The summed E-state index contributed by atoms with van der Waals surface area (Å²) in [6, 6.07) is 1.83. The van der Waals surface area contributed by atoms with E-state index in [1.807, 2.05) is 6.07 Å². The van der Waals surface area contributed by atoms with Crippen molar-refractivity contribution in [3.05, 3.63) is 29.2 Å². The van der Waals surface area contributed by atoms with Gasteiger partial charge in [0, 0.05) is 29.9 Å². The number of rotatable bonds is 1. The third-order valence-electron chi connectivity index (χ3n) is 3.15. The van der Waals surface area contributed by atoms with E-state index in [0.717, 1.165) is 11.1 Å². The summed E-state index contributed by atoms with van der Waals surface area (Å²) in [6.45, 7) is 0. The number of esters is 1. The van der Waals surface area contributed by atoms with Crippen molar-refractivity contribution in [2.75, 3.05) is 7.11 Å². The molecule has 0 saturated carbocycles. The van der Waals surface area contributed by atoms with Crippen LogP contribution in [-0.4, -0.2) is 28.5 Å². The van der Waals surface area contributed by atoms with Crippen molar-refractivity contribution in [2.45, 2.75) is 6.42 Å². The molecule has 2 aromatic rings. The summed E-state index contributed by atoms with van der Waals surface area (Å²) >= 11 is 6.06. The highest BCUT2D eigenvalue weighted by Gasteiger charge is 2.38. The molecule has 3 heterocycles. The summed E-state index contributed by atoms with van der Waals surface area (Å²) in [4.78, 5) is 27.7. The smallest absolute Gasteiger partial charge is 0.318 e. The van der Waals surface area contributed by atoms with E-state index in [9.17, 15) is 9.59 Å². The van der Waals surface area contributed by atoms with Gasteiger partial charge in [-0.15, -0.1) is 0 Å². The van der Waals surface area contributed by atoms with Crippen molar-refractivity contribution in [1.82, 2.24) is 9.55 Å². The SMILES string of the molecule is COC(=O)C1Cc2cc3cncc(Cl)c3n2C1=O. The molecule has 1 aliphatic heterocycles. The number of fused-ring (bicyclic) bond motifs is 3. The molecule has 0 saturated heterocycles. The fraction of sp³-hybridized carbons (Fsp3) is 0.250. The van der Waals surface area contributed by atoms with E-state index >= 15 is 0 Å². The number of hydrogen-bond acceptors (Lipinski definition) is 4. The zero-order valence-electron chi connectivity index (χ0n) is 9.51. The summed E-state index contributed by atoms with van der Waals surface area (Å²) in [5.74, 6) is -1.57. The first-order valence-corrected chi connectivity index (χ1v) is 5.77. The Hall–Kier alpha value is -1.88. The Morgan fingerprint density at radius 1 is 1.56 bits per heavy atom. The molecule has 18 heavy (non-hydrogen) atoms. The van der Waals surface area contributed by atoms with Gasteiger partial charge in [0.05, 0.1) is 17.6 Å². The molecule has 0 amide bonds. The third-order valence-corrected chi connectivity index (χ3v) is 3.43. The number of hydrogen-bond donors (Lipinski definition) is 0. The van der Waals surface area contributed by atoms with Gasteiger partial charge in [0.25, 0.3) is 0 Å². The Labute approximate surface area is 107 Å². The number of carbonyl (C=O) groups excluding carboxylic acids is 2. The highest BCUT2D eigenvalue weighted by atomic mass is 35.5. The Morgan fingerprint density at radius 3 is 3.06 bits per heavy atom. The third kappa shape index (κ3) is 1.37. The van der Waals surface area contributed by atoms with Gasteiger partial charge in [-0.05, 0) is 6.07 Å². The lowest BCUT2D eigenvalue weighted by molar-refractivity contribution is -0.143. The van der Waals surface area contributed by atoms with Crippen LogP contribution < -0.4 is 0 Å². The highest BCUT2D eigenvalue weighted by molar-refractivity contribution is 6.35. The van der Waals surface area contributed by atoms with Crippen LogP contribution in [0, 0.1) is 5.92 Å². The van der Waals surface area contributed by atoms with Gasteiger partial charge in [0.15, 0.2) is 0 Å². The van der Waals surface area contributed by atoms with Crippen LogP contribution in [0.1, 0.15) is 10.5 Å². The zero-order chi connectivity index (χ0) is 12.9. The molecule has 3 rings (SSSR count). The van der Waals surface area contributed by atoms with E-state index in [-0.39, 0.29) is 5.91 Å². The number of halogens is 1. The Morgan fingerprint density at radius 2 is 2.33 bits per heavy atom. The van der Waals surface area contributed by atoms with Gasteiger partial charge in [-0.1, -0.05) is 11.6 Å². The van der Waals surface area contributed by atoms with E-state index in [2.05, 4.69) is 9.72 Å². The summed E-state index contributed by atoms with van der Waals surface area (Å²) in [5, 5.41) is 1.20. The molecule has 0 radical (unpaired) electrons. The highest BCUT2D eigenvalue weighted by Crippen LogP contribution is 2.32. The summed E-state index contributed by atoms with van der Waals surface area (Å²) in [7, 11) is 1.28. The predicted octanol–water partition coefficient (Wildman–Crippen LogP) is 1.68. The molecule has 92 valence electrons. The average Bonchev–Trinajstić information content (AvgIpc) is 2.86. The number of ether oxygens (including phenoxy) is 1. The molecule has 0 bridgehead atoms. The van der Waals surface area contributed by atoms with Gasteiger partial charge in [0.2, 0.25) is 5.91 Å². The van der Waals surface area contributed by atoms with Crippen molar-refractivity contribution in [1.29, 1.82) is 0 Å². The molecular formula is C12H9ClN2O3. The van der Waals surface area contributed by atoms with Crippen LogP contribution in [0.25, 0.3) is 10.9 Å². The molecule has 6 heteroatoms. The maximum Gasteiger partial charge on any atom is 0.318 e. The van der Waals surface area contributed by atoms with Gasteiger partial charge in [-0.3, -0.25) is 19.1 Å². The molecule has 0 fully saturated rings. The number of aromatic nitrogens is 2. The summed E-state index contributed by atoms with van der Waals surface area (Å²) < 4.78 is 6.12. The van der Waals surface area contributed by atoms with Crippen LogP contribution in [0.5, 0.6) is 0 Å². The quantitative estimate of drug-likeness (QED) is 0.581. The standard InChI is InChI=1S/C12H9ClN2O3/c1-18-12(17)8-3-7-2-6-4-14-5-9(13)10(6)15(7)11(8)16/h2,4-5,8H,3H2,1H3. The lowest BCUT2D eigenvalue weighted by Gasteiger charge is -2.06. The molecule has 0 N–H and O–H groups in total. The van der Waals surface area contributed by atoms with Gasteiger partial charge in [-0.2, -0.15) is 0 Å². The first-order chi connectivity index (χ1) is 8.63. The molecule has 0 aliphatic carbocycles. The number of nitrogens with zero attached hydrogens (tertiary/aromatic N) is 2. The van der Waals surface area contributed by atoms with Crippen LogP contribution in [-0.2, 0) is 16.0 Å². The molecule has 1 aliphatic rings. The van der Waals surface area contributed by atoms with Crippen LogP contribution in [0.4, 0.5) is 0 Å². The van der Waals surface area contributed by atoms with Crippen molar-refractivity contribution in [3.8, 4) is 0 Å². The second kappa shape index (κ2) is 3.81. The molecular weight excluding hydrogens is 256 g/mol. The largest absolute Gasteiger partial charge is 0.468 e. The van der Waals surface area contributed by atoms with Crippen LogP contribution in [0.15, 0.2) is 18.5 Å². The Kier molecular flexibility index (Phi) is 2.38. The van der Waals surface area contributed by atoms with Crippen molar-refractivity contribution in [2.24, 2.45) is 5.92 Å². The minimum absolute atomic E-state index is 0.292. The molecule has 1 unspecified atom stereocenters. The molecule has 2 aromatic heterocycles. The lowest BCUT2D eigenvalue weighted by atomic mass is 10.1. The molecule has 0 aromatic carbocycles. The van der Waals surface area contributed by atoms with Crippen LogP contribution >= 0.6 is 11.6 Å². The summed E-state index contributed by atoms with van der Waals surface area (Å²) in [5.41, 5.74) is 1.37. The van der Waals surface area contributed by atoms with Gasteiger partial charge in [0.1, 0.15) is 5.92 Å². The predicted molar refractivity (Wildman–Crippen MR) is 64.6 cm³/mol. The normalized spacial score (nSPS) is 18.1. The maximum absolute atomic E-state index is 12.2. The van der Waals surface area contributed by atoms with Crippen LogP contribution in [0.3, 0.4) is 0 Å². The second-order valence-electron chi connectivity index (χ2n) is 4.15. The first kappa shape index (κ1) is 11.2. The lowest BCUT2D eigenvalue weighted by Crippen LogP contribution is -2.24. The van der Waals surface area contributed by atoms with Gasteiger partial charge >= 0.3 is 5.97 Å². The number of pyridine rings is 1. The van der Waals surface area contributed by atoms with Crippen molar-refractivity contribution in [3.63, 3.8) is 0 Å². The molecule has 1 atom stereocenters.